The number of halogens is 3. The summed E-state index contributed by atoms with van der Waals surface area (Å²) in [6.45, 7) is 0.436. The molecule has 3 aromatic rings. The van der Waals surface area contributed by atoms with E-state index in [1.165, 1.54) is 0 Å². The van der Waals surface area contributed by atoms with Gasteiger partial charge in [-0.1, -0.05) is 18.3 Å². The predicted molar refractivity (Wildman–Crippen MR) is 101 cm³/mol. The number of fused-ring (bicyclic) bond motifs is 1. The monoisotopic (exact) mass is 394 g/mol. The third kappa shape index (κ3) is 4.36. The van der Waals surface area contributed by atoms with Crippen LogP contribution in [-0.4, -0.2) is 32.8 Å². The van der Waals surface area contributed by atoms with Crippen molar-refractivity contribution in [3.8, 4) is 5.75 Å². The first kappa shape index (κ1) is 19.1. The Balaban J connectivity index is 1.91. The number of hydrogen-bond acceptors (Lipinski definition) is 4. The molecule has 2 heterocycles. The summed E-state index contributed by atoms with van der Waals surface area (Å²) < 4.78 is 45.4. The first-order valence-corrected chi connectivity index (χ1v) is 8.48. The molecule has 0 spiro atoms. The van der Waals surface area contributed by atoms with Crippen LogP contribution in [0.4, 0.5) is 18.9 Å². The van der Waals surface area contributed by atoms with Crippen LogP contribution in [0.15, 0.2) is 36.7 Å². The molecule has 2 aromatic heterocycles. The van der Waals surface area contributed by atoms with E-state index in [4.69, 9.17) is 17.0 Å². The van der Waals surface area contributed by atoms with Crippen LogP contribution in [0, 0.1) is 6.92 Å². The number of rotatable bonds is 5. The van der Waals surface area contributed by atoms with Crippen LogP contribution in [-0.2, 0) is 13.0 Å². The van der Waals surface area contributed by atoms with Gasteiger partial charge in [-0.2, -0.15) is 13.2 Å². The highest BCUT2D eigenvalue weighted by Crippen LogP contribution is 2.29. The predicted octanol–water partition coefficient (Wildman–Crippen LogP) is 4.29. The lowest BCUT2D eigenvalue weighted by atomic mass is 10.2. The van der Waals surface area contributed by atoms with Crippen LogP contribution < -0.4 is 10.1 Å². The van der Waals surface area contributed by atoms with E-state index in [9.17, 15) is 13.2 Å². The van der Waals surface area contributed by atoms with E-state index in [0.717, 1.165) is 10.1 Å². The van der Waals surface area contributed by atoms with Crippen molar-refractivity contribution in [2.45, 2.75) is 26.1 Å². The summed E-state index contributed by atoms with van der Waals surface area (Å²) in [5, 5.41) is 3.04. The van der Waals surface area contributed by atoms with Gasteiger partial charge in [-0.25, -0.2) is 4.98 Å². The van der Waals surface area contributed by atoms with Crippen LogP contribution >= 0.6 is 12.2 Å². The molecule has 3 rings (SSSR count). The highest BCUT2D eigenvalue weighted by atomic mass is 32.1. The molecular weight excluding hydrogens is 377 g/mol. The highest BCUT2D eigenvalue weighted by Gasteiger charge is 2.30. The third-order valence-corrected chi connectivity index (χ3v) is 4.25. The minimum Gasteiger partial charge on any atom is -0.496 e. The van der Waals surface area contributed by atoms with Gasteiger partial charge in [0.05, 0.1) is 28.8 Å². The maximum atomic E-state index is 13.0. The zero-order valence-electron chi connectivity index (χ0n) is 14.7. The van der Waals surface area contributed by atoms with Crippen molar-refractivity contribution in [3.63, 3.8) is 0 Å². The van der Waals surface area contributed by atoms with Gasteiger partial charge in [0.2, 0.25) is 0 Å². The molecule has 142 valence electrons. The number of nitrogens with zero attached hydrogens (tertiary/aromatic N) is 3. The van der Waals surface area contributed by atoms with Crippen molar-refractivity contribution in [2.75, 3.05) is 12.4 Å². The molecule has 27 heavy (non-hydrogen) atoms. The van der Waals surface area contributed by atoms with E-state index in [1.54, 1.807) is 50.7 Å². The average molecular weight is 394 g/mol. The molecule has 0 fully saturated rings. The summed E-state index contributed by atoms with van der Waals surface area (Å²) in [6.07, 6.45) is -0.756. The molecule has 0 unspecified atom stereocenters. The standard InChI is InChI=1S/C18H17F3N4OS/c1-11-23-13-4-3-5-14(17(13)25(11)10-18(19,20)21)24-16(27)8-12-9-22-7-6-15(12)26-2/h3-7,9H,8,10H2,1-2H3,(H,24,27). The fourth-order valence-electron chi connectivity index (χ4n) is 2.89. The molecule has 0 bridgehead atoms. The first-order chi connectivity index (χ1) is 12.8. The first-order valence-electron chi connectivity index (χ1n) is 8.08. The van der Waals surface area contributed by atoms with E-state index in [1.807, 2.05) is 0 Å². The Morgan fingerprint density at radius 2 is 2.07 bits per heavy atom. The number of nitrogens with one attached hydrogen (secondary N) is 1. The smallest absolute Gasteiger partial charge is 0.406 e. The molecule has 0 amide bonds. The van der Waals surface area contributed by atoms with Gasteiger partial charge in [-0.15, -0.1) is 0 Å². The summed E-state index contributed by atoms with van der Waals surface area (Å²) in [7, 11) is 1.55. The van der Waals surface area contributed by atoms with Gasteiger partial charge >= 0.3 is 6.18 Å². The van der Waals surface area contributed by atoms with Crippen molar-refractivity contribution in [1.82, 2.24) is 14.5 Å². The average Bonchev–Trinajstić information content (AvgIpc) is 2.90. The second-order valence-electron chi connectivity index (χ2n) is 5.95. The number of aromatic nitrogens is 3. The van der Waals surface area contributed by atoms with Gasteiger partial charge < -0.3 is 14.6 Å². The third-order valence-electron chi connectivity index (χ3n) is 4.00. The van der Waals surface area contributed by atoms with Gasteiger partial charge in [0.1, 0.15) is 18.1 Å². The zero-order valence-corrected chi connectivity index (χ0v) is 15.5. The van der Waals surface area contributed by atoms with E-state index in [0.29, 0.717) is 33.9 Å². The fraction of sp³-hybridized carbons (Fsp3) is 0.278. The minimum absolute atomic E-state index is 0.288. The molecule has 1 aromatic carbocycles. The second kappa shape index (κ2) is 7.51. The SMILES string of the molecule is COc1ccncc1CC(=S)Nc1cccc2nc(C)n(CC(F)(F)F)c12. The Hall–Kier alpha value is -2.68. The zero-order chi connectivity index (χ0) is 19.6. The summed E-state index contributed by atoms with van der Waals surface area (Å²) in [6, 6.07) is 6.80. The molecule has 1 N–H and O–H groups in total. The van der Waals surface area contributed by atoms with E-state index < -0.39 is 12.7 Å². The van der Waals surface area contributed by atoms with Crippen molar-refractivity contribution in [1.29, 1.82) is 0 Å². The van der Waals surface area contributed by atoms with Gasteiger partial charge in [-0.05, 0) is 25.1 Å². The van der Waals surface area contributed by atoms with Gasteiger partial charge in [-0.3, -0.25) is 4.98 Å². The lowest BCUT2D eigenvalue weighted by Gasteiger charge is -2.15. The molecule has 0 saturated carbocycles. The molecule has 5 nitrogen and oxygen atoms in total. The molecule has 0 aliphatic heterocycles. The number of benzene rings is 1. The minimum atomic E-state index is -4.35. The normalized spacial score (nSPS) is 11.6. The lowest BCUT2D eigenvalue weighted by molar-refractivity contribution is -0.140. The van der Waals surface area contributed by atoms with Crippen LogP contribution in [0.5, 0.6) is 5.75 Å². The Labute approximate surface area is 159 Å². The van der Waals surface area contributed by atoms with Crippen LogP contribution in [0.25, 0.3) is 11.0 Å². The number of anilines is 1. The number of pyridine rings is 1. The van der Waals surface area contributed by atoms with Crippen LogP contribution in [0.1, 0.15) is 11.4 Å². The molecule has 9 heteroatoms. The summed E-state index contributed by atoms with van der Waals surface area (Å²) in [5.74, 6) is 0.932. The number of para-hydroxylation sites is 1. The number of alkyl halides is 3. The maximum absolute atomic E-state index is 13.0. The van der Waals surface area contributed by atoms with E-state index >= 15 is 0 Å². The van der Waals surface area contributed by atoms with Crippen LogP contribution in [0.3, 0.4) is 0 Å². The van der Waals surface area contributed by atoms with Crippen molar-refractivity contribution < 1.29 is 17.9 Å². The summed E-state index contributed by atoms with van der Waals surface area (Å²) in [4.78, 5) is 8.72. The number of methoxy groups -OCH3 is 1. The fourth-order valence-corrected chi connectivity index (χ4v) is 3.15. The molecule has 0 atom stereocenters. The van der Waals surface area contributed by atoms with Gasteiger partial charge in [0.15, 0.2) is 0 Å². The highest BCUT2D eigenvalue weighted by molar-refractivity contribution is 7.80. The van der Waals surface area contributed by atoms with Gasteiger partial charge in [0.25, 0.3) is 0 Å². The summed E-state index contributed by atoms with van der Waals surface area (Å²) >= 11 is 5.40. The van der Waals surface area contributed by atoms with Crippen molar-refractivity contribution >= 4 is 33.9 Å². The lowest BCUT2D eigenvalue weighted by Crippen LogP contribution is -2.19. The van der Waals surface area contributed by atoms with E-state index in [2.05, 4.69) is 15.3 Å². The molecule has 0 aliphatic carbocycles. The summed E-state index contributed by atoms with van der Waals surface area (Å²) in [5.41, 5.74) is 2.10. The molecule has 0 radical (unpaired) electrons. The number of hydrogen-bond donors (Lipinski definition) is 1. The van der Waals surface area contributed by atoms with Gasteiger partial charge in [0, 0.05) is 24.4 Å². The Bertz CT molecular complexity index is 984. The number of thiocarbonyl (C=S) groups is 1. The molecular formula is C18H17F3N4OS. The van der Waals surface area contributed by atoms with Crippen molar-refractivity contribution in [3.05, 3.63) is 48.0 Å². The van der Waals surface area contributed by atoms with Crippen LogP contribution in [0.2, 0.25) is 0 Å². The molecule has 0 saturated heterocycles. The Kier molecular flexibility index (Phi) is 5.31. The Morgan fingerprint density at radius 1 is 1.30 bits per heavy atom. The van der Waals surface area contributed by atoms with Crippen molar-refractivity contribution in [2.24, 2.45) is 0 Å². The Morgan fingerprint density at radius 3 is 2.78 bits per heavy atom. The second-order valence-corrected chi connectivity index (χ2v) is 6.44. The van der Waals surface area contributed by atoms with E-state index in [-0.39, 0.29) is 5.82 Å². The largest absolute Gasteiger partial charge is 0.496 e. The number of ether oxygens (including phenoxy) is 1. The molecule has 0 aliphatic rings. The number of imidazole rings is 1. The topological polar surface area (TPSA) is 52.0 Å². The number of aryl methyl sites for hydroxylation is 1. The quantitative estimate of drug-likeness (QED) is 0.654. The maximum Gasteiger partial charge on any atom is 0.406 e.